The Hall–Kier alpha value is -1.74. The van der Waals surface area contributed by atoms with E-state index in [9.17, 15) is 0 Å². The molecule has 0 unspecified atom stereocenters. The number of hydrogen-bond donors (Lipinski definition) is 1. The molecule has 0 atom stereocenters. The Bertz CT molecular complexity index is 653. The van der Waals surface area contributed by atoms with Crippen LogP contribution in [0.4, 0.5) is 0 Å². The van der Waals surface area contributed by atoms with Gasteiger partial charge in [0, 0.05) is 34.6 Å². The molecule has 19 heavy (non-hydrogen) atoms. The minimum atomic E-state index is 0. The van der Waals surface area contributed by atoms with E-state index in [-0.39, 0.29) is 12.4 Å². The van der Waals surface area contributed by atoms with Gasteiger partial charge in [0.1, 0.15) is 0 Å². The average Bonchev–Trinajstić information content (AvgIpc) is 2.98. The fraction of sp³-hybridized carbons (Fsp3) is 0.267. The molecule has 2 aromatic heterocycles. The number of benzene rings is 1. The van der Waals surface area contributed by atoms with E-state index in [0.29, 0.717) is 5.92 Å². The van der Waals surface area contributed by atoms with Gasteiger partial charge >= 0.3 is 0 Å². The Morgan fingerprint density at radius 2 is 2.05 bits per heavy atom. The maximum absolute atomic E-state index is 4.11. The van der Waals surface area contributed by atoms with Crippen molar-refractivity contribution in [2.24, 2.45) is 0 Å². The molecule has 0 aliphatic rings. The van der Waals surface area contributed by atoms with Crippen LogP contribution in [0.1, 0.15) is 31.0 Å². The zero-order chi connectivity index (χ0) is 12.5. The van der Waals surface area contributed by atoms with Gasteiger partial charge in [-0.25, -0.2) is 4.98 Å². The molecule has 0 fully saturated rings. The zero-order valence-corrected chi connectivity index (χ0v) is 11.9. The van der Waals surface area contributed by atoms with Gasteiger partial charge in [0.15, 0.2) is 0 Å². The topological polar surface area (TPSA) is 33.6 Å². The Morgan fingerprint density at radius 1 is 1.26 bits per heavy atom. The molecule has 3 aromatic rings. The first-order valence-corrected chi connectivity index (χ1v) is 6.31. The highest BCUT2D eigenvalue weighted by Crippen LogP contribution is 2.28. The van der Waals surface area contributed by atoms with Gasteiger partial charge in [-0.1, -0.05) is 32.0 Å². The molecule has 3 nitrogen and oxygen atoms in total. The third-order valence-corrected chi connectivity index (χ3v) is 3.32. The monoisotopic (exact) mass is 275 g/mol. The van der Waals surface area contributed by atoms with Gasteiger partial charge in [-0.2, -0.15) is 0 Å². The molecular formula is C15H18ClN3. The summed E-state index contributed by atoms with van der Waals surface area (Å²) in [7, 11) is 0. The molecule has 0 saturated heterocycles. The van der Waals surface area contributed by atoms with Crippen LogP contribution in [0.3, 0.4) is 0 Å². The van der Waals surface area contributed by atoms with Crippen LogP contribution < -0.4 is 0 Å². The first kappa shape index (κ1) is 13.7. The van der Waals surface area contributed by atoms with Crippen molar-refractivity contribution in [1.82, 2.24) is 14.5 Å². The van der Waals surface area contributed by atoms with Crippen molar-refractivity contribution in [1.29, 1.82) is 0 Å². The van der Waals surface area contributed by atoms with E-state index in [1.807, 2.05) is 18.7 Å². The number of halogens is 1. The van der Waals surface area contributed by atoms with Crippen LogP contribution >= 0.6 is 12.4 Å². The van der Waals surface area contributed by atoms with Gasteiger partial charge in [-0.05, 0) is 12.0 Å². The predicted octanol–water partition coefficient (Wildman–Crippen LogP) is 3.96. The van der Waals surface area contributed by atoms with Gasteiger partial charge in [-0.3, -0.25) is 0 Å². The molecule has 0 aliphatic carbocycles. The number of nitrogens with zero attached hydrogens (tertiary/aromatic N) is 2. The number of aromatic amines is 1. The fourth-order valence-corrected chi connectivity index (χ4v) is 2.45. The summed E-state index contributed by atoms with van der Waals surface area (Å²) in [4.78, 5) is 7.65. The smallest absolute Gasteiger partial charge is 0.0949 e. The van der Waals surface area contributed by atoms with Crippen LogP contribution in [0.15, 0.2) is 43.0 Å². The quantitative estimate of drug-likeness (QED) is 0.771. The van der Waals surface area contributed by atoms with Gasteiger partial charge in [0.25, 0.3) is 0 Å². The number of rotatable bonds is 3. The highest BCUT2D eigenvalue weighted by molar-refractivity contribution is 5.85. The van der Waals surface area contributed by atoms with Crippen molar-refractivity contribution >= 4 is 23.3 Å². The summed E-state index contributed by atoms with van der Waals surface area (Å²) >= 11 is 0. The number of nitrogens with one attached hydrogen (secondary N) is 1. The zero-order valence-electron chi connectivity index (χ0n) is 11.1. The van der Waals surface area contributed by atoms with Crippen LogP contribution in [0.2, 0.25) is 0 Å². The Kier molecular flexibility index (Phi) is 3.96. The predicted molar refractivity (Wildman–Crippen MR) is 81.0 cm³/mol. The fourth-order valence-electron chi connectivity index (χ4n) is 2.45. The number of aromatic nitrogens is 3. The van der Waals surface area contributed by atoms with Crippen molar-refractivity contribution in [3.8, 4) is 0 Å². The molecule has 1 N–H and O–H groups in total. The third-order valence-electron chi connectivity index (χ3n) is 3.32. The number of para-hydroxylation sites is 1. The van der Waals surface area contributed by atoms with Crippen LogP contribution in [0.5, 0.6) is 0 Å². The lowest BCUT2D eigenvalue weighted by Gasteiger charge is -2.08. The summed E-state index contributed by atoms with van der Waals surface area (Å²) in [6, 6.07) is 8.49. The highest BCUT2D eigenvalue weighted by Gasteiger charge is 2.13. The number of H-pyrrole nitrogens is 1. The maximum Gasteiger partial charge on any atom is 0.0949 e. The molecular weight excluding hydrogens is 258 g/mol. The summed E-state index contributed by atoms with van der Waals surface area (Å²) in [5.41, 5.74) is 3.92. The second kappa shape index (κ2) is 5.49. The number of hydrogen-bond acceptors (Lipinski definition) is 1. The first-order valence-electron chi connectivity index (χ1n) is 6.31. The van der Waals surface area contributed by atoms with Gasteiger partial charge in [-0.15, -0.1) is 12.4 Å². The SMILES string of the molecule is CC(C)c1[nH]c2ccccc2c1Cn1ccnc1.Cl. The molecule has 3 rings (SSSR count). The van der Waals surface area contributed by atoms with Crippen LogP contribution in [-0.2, 0) is 6.54 Å². The third kappa shape index (κ3) is 2.51. The molecule has 0 radical (unpaired) electrons. The second-order valence-electron chi connectivity index (χ2n) is 4.95. The lowest BCUT2D eigenvalue weighted by molar-refractivity contribution is 0.758. The number of fused-ring (bicyclic) bond motifs is 1. The largest absolute Gasteiger partial charge is 0.358 e. The standard InChI is InChI=1S/C15H17N3.ClH/c1-11(2)15-13(9-18-8-7-16-10-18)12-5-3-4-6-14(12)17-15;/h3-8,10-11,17H,9H2,1-2H3;1H. The molecule has 0 saturated carbocycles. The molecule has 0 aliphatic heterocycles. The summed E-state index contributed by atoms with van der Waals surface area (Å²) in [6.45, 7) is 5.32. The van der Waals surface area contributed by atoms with E-state index in [4.69, 9.17) is 0 Å². The molecule has 2 heterocycles. The summed E-state index contributed by atoms with van der Waals surface area (Å²) in [6.07, 6.45) is 5.70. The molecule has 0 spiro atoms. The normalized spacial score (nSPS) is 10.9. The summed E-state index contributed by atoms with van der Waals surface area (Å²) in [5.74, 6) is 0.496. The van der Waals surface area contributed by atoms with Crippen LogP contribution in [-0.4, -0.2) is 14.5 Å². The second-order valence-corrected chi connectivity index (χ2v) is 4.95. The van der Waals surface area contributed by atoms with E-state index in [1.165, 1.54) is 22.2 Å². The van der Waals surface area contributed by atoms with Crippen molar-refractivity contribution in [3.63, 3.8) is 0 Å². The summed E-state index contributed by atoms with van der Waals surface area (Å²) in [5, 5.41) is 1.31. The first-order chi connectivity index (χ1) is 8.75. The van der Waals surface area contributed by atoms with E-state index in [2.05, 4.69) is 52.6 Å². The van der Waals surface area contributed by atoms with Gasteiger partial charge in [0.05, 0.1) is 12.9 Å². The average molecular weight is 276 g/mol. The van der Waals surface area contributed by atoms with Gasteiger partial charge < -0.3 is 9.55 Å². The van der Waals surface area contributed by atoms with E-state index in [0.717, 1.165) is 6.54 Å². The van der Waals surface area contributed by atoms with Crippen molar-refractivity contribution in [2.45, 2.75) is 26.3 Å². The minimum Gasteiger partial charge on any atom is -0.358 e. The van der Waals surface area contributed by atoms with Crippen molar-refractivity contribution in [2.75, 3.05) is 0 Å². The molecule has 100 valence electrons. The van der Waals surface area contributed by atoms with E-state index >= 15 is 0 Å². The molecule has 1 aromatic carbocycles. The Balaban J connectivity index is 0.00000133. The molecule has 4 heteroatoms. The Morgan fingerprint density at radius 3 is 2.74 bits per heavy atom. The summed E-state index contributed by atoms with van der Waals surface area (Å²) < 4.78 is 2.11. The van der Waals surface area contributed by atoms with E-state index < -0.39 is 0 Å². The lowest BCUT2D eigenvalue weighted by atomic mass is 10.0. The lowest BCUT2D eigenvalue weighted by Crippen LogP contribution is -2.00. The maximum atomic E-state index is 4.11. The van der Waals surface area contributed by atoms with Crippen molar-refractivity contribution < 1.29 is 0 Å². The van der Waals surface area contributed by atoms with Crippen LogP contribution in [0, 0.1) is 0 Å². The molecule has 0 amide bonds. The molecule has 0 bridgehead atoms. The number of imidazole rings is 1. The van der Waals surface area contributed by atoms with Crippen molar-refractivity contribution in [3.05, 3.63) is 54.2 Å². The Labute approximate surface area is 119 Å². The van der Waals surface area contributed by atoms with Crippen LogP contribution in [0.25, 0.3) is 10.9 Å². The van der Waals surface area contributed by atoms with Gasteiger partial charge in [0.2, 0.25) is 0 Å². The van der Waals surface area contributed by atoms with E-state index in [1.54, 1.807) is 0 Å². The minimum absolute atomic E-state index is 0. The highest BCUT2D eigenvalue weighted by atomic mass is 35.5.